The van der Waals surface area contributed by atoms with Gasteiger partial charge in [0.1, 0.15) is 17.3 Å². The quantitative estimate of drug-likeness (QED) is 0.647. The average molecular weight is 267 g/mol. The number of halogens is 1. The predicted molar refractivity (Wildman–Crippen MR) is 58.6 cm³/mol. The van der Waals surface area contributed by atoms with Gasteiger partial charge in [0, 0.05) is 12.1 Å². The number of hydrogen-bond donors (Lipinski definition) is 1. The van der Waals surface area contributed by atoms with Crippen molar-refractivity contribution in [2.24, 2.45) is 0 Å². The molecule has 7 heteroatoms. The van der Waals surface area contributed by atoms with Crippen LogP contribution in [0, 0.1) is 0 Å². The number of ether oxygens (including phenoxy) is 2. The molecule has 0 unspecified atom stereocenters. The molecule has 0 bridgehead atoms. The van der Waals surface area contributed by atoms with Gasteiger partial charge in [0.15, 0.2) is 0 Å². The molecule has 0 aromatic heterocycles. The zero-order valence-corrected chi connectivity index (χ0v) is 10.1. The Bertz CT molecular complexity index is 457. The number of benzene rings is 1. The highest BCUT2D eigenvalue weighted by molar-refractivity contribution is 7.86. The maximum atomic E-state index is 11.0. The topological polar surface area (TPSA) is 72.8 Å². The molecular formula is C9H11ClO5S. The molecule has 0 saturated carbocycles. The van der Waals surface area contributed by atoms with Gasteiger partial charge in [-0.1, -0.05) is 11.6 Å². The molecule has 1 aromatic rings. The van der Waals surface area contributed by atoms with E-state index in [1.807, 2.05) is 0 Å². The fraction of sp³-hybridized carbons (Fsp3) is 0.333. The summed E-state index contributed by atoms with van der Waals surface area (Å²) in [5.41, 5.74) is 0. The Morgan fingerprint density at radius 3 is 2.62 bits per heavy atom. The summed E-state index contributed by atoms with van der Waals surface area (Å²) in [6.45, 7) is 0.494. The molecule has 0 atom stereocenters. The third kappa shape index (κ3) is 3.64. The van der Waals surface area contributed by atoms with E-state index >= 15 is 0 Å². The van der Waals surface area contributed by atoms with Crippen molar-refractivity contribution in [3.8, 4) is 5.75 Å². The Labute approximate surface area is 98.7 Å². The molecule has 5 nitrogen and oxygen atoms in total. The Balaban J connectivity index is 2.99. The lowest BCUT2D eigenvalue weighted by Crippen LogP contribution is -2.08. The first-order chi connectivity index (χ1) is 7.45. The molecule has 1 N–H and O–H groups in total. The molecule has 16 heavy (non-hydrogen) atoms. The van der Waals surface area contributed by atoms with Crippen molar-refractivity contribution in [1.82, 2.24) is 0 Å². The van der Waals surface area contributed by atoms with E-state index in [2.05, 4.69) is 0 Å². The molecule has 0 radical (unpaired) electrons. The van der Waals surface area contributed by atoms with Crippen LogP contribution in [-0.4, -0.2) is 33.3 Å². The minimum absolute atomic E-state index is 0.0453. The zero-order valence-electron chi connectivity index (χ0n) is 8.51. The molecule has 0 aliphatic heterocycles. The van der Waals surface area contributed by atoms with Crippen LogP contribution in [0.15, 0.2) is 23.1 Å². The van der Waals surface area contributed by atoms with E-state index in [4.69, 9.17) is 25.6 Å². The first-order valence-electron chi connectivity index (χ1n) is 4.34. The fourth-order valence-electron chi connectivity index (χ4n) is 1.04. The van der Waals surface area contributed by atoms with Gasteiger partial charge in [-0.05, 0) is 18.2 Å². The second kappa shape index (κ2) is 5.49. The van der Waals surface area contributed by atoms with Gasteiger partial charge in [-0.3, -0.25) is 4.55 Å². The molecule has 0 aliphatic carbocycles. The Hall–Kier alpha value is -0.820. The van der Waals surface area contributed by atoms with Crippen LogP contribution >= 0.6 is 11.6 Å². The Kier molecular flexibility index (Phi) is 4.55. The molecule has 90 valence electrons. The monoisotopic (exact) mass is 266 g/mol. The van der Waals surface area contributed by atoms with E-state index in [1.165, 1.54) is 19.2 Å². The van der Waals surface area contributed by atoms with Crippen molar-refractivity contribution in [3.63, 3.8) is 0 Å². The van der Waals surface area contributed by atoms with Gasteiger partial charge >= 0.3 is 0 Å². The molecule has 0 spiro atoms. The van der Waals surface area contributed by atoms with E-state index in [9.17, 15) is 8.42 Å². The molecular weight excluding hydrogens is 256 g/mol. The highest BCUT2D eigenvalue weighted by atomic mass is 35.5. The van der Waals surface area contributed by atoms with Crippen molar-refractivity contribution in [2.75, 3.05) is 20.3 Å². The van der Waals surface area contributed by atoms with Gasteiger partial charge in [0.2, 0.25) is 0 Å². The number of methoxy groups -OCH3 is 1. The maximum Gasteiger partial charge on any atom is 0.298 e. The van der Waals surface area contributed by atoms with Crippen LogP contribution in [0.5, 0.6) is 5.75 Å². The molecule has 0 heterocycles. The lowest BCUT2D eigenvalue weighted by atomic mass is 10.3. The SMILES string of the molecule is COCCOc1ccc(Cl)cc1S(=O)(=O)O. The largest absolute Gasteiger partial charge is 0.490 e. The van der Waals surface area contributed by atoms with Crippen molar-refractivity contribution in [2.45, 2.75) is 4.90 Å². The van der Waals surface area contributed by atoms with Crippen LogP contribution in [0.2, 0.25) is 5.02 Å². The van der Waals surface area contributed by atoms with Gasteiger partial charge < -0.3 is 9.47 Å². The summed E-state index contributed by atoms with van der Waals surface area (Å²) in [6, 6.07) is 3.97. The summed E-state index contributed by atoms with van der Waals surface area (Å²) in [5.74, 6) is 0.0453. The molecule has 0 aliphatic rings. The van der Waals surface area contributed by atoms with Crippen molar-refractivity contribution in [3.05, 3.63) is 23.2 Å². The van der Waals surface area contributed by atoms with E-state index in [0.29, 0.717) is 6.61 Å². The first kappa shape index (κ1) is 13.2. The van der Waals surface area contributed by atoms with Crippen molar-refractivity contribution >= 4 is 21.7 Å². The van der Waals surface area contributed by atoms with Crippen LogP contribution in [-0.2, 0) is 14.9 Å². The molecule has 1 rings (SSSR count). The highest BCUT2D eigenvalue weighted by Gasteiger charge is 2.17. The normalized spacial score (nSPS) is 11.4. The lowest BCUT2D eigenvalue weighted by Gasteiger charge is -2.09. The van der Waals surface area contributed by atoms with Crippen LogP contribution < -0.4 is 4.74 Å². The van der Waals surface area contributed by atoms with Crippen LogP contribution in [0.3, 0.4) is 0 Å². The summed E-state index contributed by atoms with van der Waals surface area (Å²) in [6.07, 6.45) is 0. The van der Waals surface area contributed by atoms with E-state index < -0.39 is 10.1 Å². The molecule has 0 amide bonds. The Morgan fingerprint density at radius 2 is 2.06 bits per heavy atom. The van der Waals surface area contributed by atoms with E-state index in [1.54, 1.807) is 0 Å². The minimum Gasteiger partial charge on any atom is -0.490 e. The summed E-state index contributed by atoms with van der Waals surface area (Å²) in [5, 5.41) is 0.201. The van der Waals surface area contributed by atoms with Crippen molar-refractivity contribution < 1.29 is 22.4 Å². The maximum absolute atomic E-state index is 11.0. The fourth-order valence-corrected chi connectivity index (χ4v) is 1.93. The van der Waals surface area contributed by atoms with Crippen LogP contribution in [0.25, 0.3) is 0 Å². The van der Waals surface area contributed by atoms with Gasteiger partial charge in [-0.25, -0.2) is 0 Å². The van der Waals surface area contributed by atoms with E-state index in [-0.39, 0.29) is 22.3 Å². The van der Waals surface area contributed by atoms with Crippen LogP contribution in [0.1, 0.15) is 0 Å². The summed E-state index contributed by atoms with van der Waals surface area (Å²) < 4.78 is 40.9. The van der Waals surface area contributed by atoms with E-state index in [0.717, 1.165) is 6.07 Å². The lowest BCUT2D eigenvalue weighted by molar-refractivity contribution is 0.144. The Morgan fingerprint density at radius 1 is 1.38 bits per heavy atom. The number of rotatable bonds is 5. The molecule has 0 saturated heterocycles. The minimum atomic E-state index is -4.34. The highest BCUT2D eigenvalue weighted by Crippen LogP contribution is 2.26. The smallest absolute Gasteiger partial charge is 0.298 e. The summed E-state index contributed by atoms with van der Waals surface area (Å²) in [7, 11) is -2.85. The second-order valence-electron chi connectivity index (χ2n) is 2.91. The number of hydrogen-bond acceptors (Lipinski definition) is 4. The van der Waals surface area contributed by atoms with Gasteiger partial charge in [0.25, 0.3) is 10.1 Å². The molecule has 1 aromatic carbocycles. The van der Waals surface area contributed by atoms with Crippen molar-refractivity contribution in [1.29, 1.82) is 0 Å². The van der Waals surface area contributed by atoms with Crippen LogP contribution in [0.4, 0.5) is 0 Å². The third-order valence-electron chi connectivity index (χ3n) is 1.73. The third-order valence-corrected chi connectivity index (χ3v) is 2.84. The predicted octanol–water partition coefficient (Wildman–Crippen LogP) is 1.61. The summed E-state index contributed by atoms with van der Waals surface area (Å²) >= 11 is 5.63. The molecule has 0 fully saturated rings. The van der Waals surface area contributed by atoms with Gasteiger partial charge in [-0.15, -0.1) is 0 Å². The second-order valence-corrected chi connectivity index (χ2v) is 4.73. The average Bonchev–Trinajstić information content (AvgIpc) is 2.19. The first-order valence-corrected chi connectivity index (χ1v) is 6.15. The van der Waals surface area contributed by atoms with Gasteiger partial charge in [0.05, 0.1) is 6.61 Å². The zero-order chi connectivity index (χ0) is 12.2. The summed E-state index contributed by atoms with van der Waals surface area (Å²) in [4.78, 5) is -0.351. The standard InChI is InChI=1S/C9H11ClO5S/c1-14-4-5-15-8-3-2-7(10)6-9(8)16(11,12)13/h2-3,6H,4-5H2,1H3,(H,11,12,13). The van der Waals surface area contributed by atoms with Gasteiger partial charge in [-0.2, -0.15) is 8.42 Å².